The Morgan fingerprint density at radius 2 is 1.90 bits per heavy atom. The van der Waals surface area contributed by atoms with Gasteiger partial charge in [-0.2, -0.15) is 0 Å². The Morgan fingerprint density at radius 1 is 1.20 bits per heavy atom. The Morgan fingerprint density at radius 3 is 2.45 bits per heavy atom. The molecule has 2 amide bonds. The van der Waals surface area contributed by atoms with E-state index in [9.17, 15) is 9.59 Å². The molecule has 3 heterocycles. The van der Waals surface area contributed by atoms with Crippen molar-refractivity contribution in [2.45, 2.75) is 19.3 Å². The molecular formula is C14H19N3O2S. The molecule has 2 aliphatic rings. The Bertz CT molecular complexity index is 524. The number of nitrogens with zero attached hydrogens (tertiary/aromatic N) is 1. The number of hydrogen-bond donors (Lipinski definition) is 2. The van der Waals surface area contributed by atoms with Crippen LogP contribution in [0.4, 0.5) is 0 Å². The molecule has 2 saturated heterocycles. The summed E-state index contributed by atoms with van der Waals surface area (Å²) >= 11 is 1.19. The van der Waals surface area contributed by atoms with E-state index in [1.165, 1.54) is 17.8 Å². The van der Waals surface area contributed by atoms with Gasteiger partial charge in [0.15, 0.2) is 0 Å². The van der Waals surface area contributed by atoms with Gasteiger partial charge in [0.1, 0.15) is 0 Å². The summed E-state index contributed by atoms with van der Waals surface area (Å²) in [7, 11) is 0. The van der Waals surface area contributed by atoms with E-state index >= 15 is 0 Å². The van der Waals surface area contributed by atoms with Gasteiger partial charge in [0.25, 0.3) is 11.8 Å². The Balaban J connectivity index is 1.65. The van der Waals surface area contributed by atoms with Crippen molar-refractivity contribution in [2.75, 3.05) is 26.2 Å². The number of nitrogens with two attached hydrogens (primary N) is 1. The van der Waals surface area contributed by atoms with Crippen molar-refractivity contribution in [3.8, 4) is 0 Å². The van der Waals surface area contributed by atoms with Crippen molar-refractivity contribution in [1.29, 1.82) is 0 Å². The predicted octanol–water partition coefficient (Wildman–Crippen LogP) is 1.06. The Hall–Kier alpha value is -1.40. The molecule has 0 aromatic carbocycles. The van der Waals surface area contributed by atoms with Gasteiger partial charge in [-0.05, 0) is 43.4 Å². The molecule has 2 fully saturated rings. The minimum atomic E-state index is -0.469. The van der Waals surface area contributed by atoms with Crippen LogP contribution in [0.2, 0.25) is 0 Å². The van der Waals surface area contributed by atoms with Crippen LogP contribution in [-0.4, -0.2) is 42.9 Å². The maximum absolute atomic E-state index is 12.4. The summed E-state index contributed by atoms with van der Waals surface area (Å²) in [4.78, 5) is 26.5. The van der Waals surface area contributed by atoms with Crippen molar-refractivity contribution in [3.05, 3.63) is 21.9 Å². The third-order valence-electron chi connectivity index (χ3n) is 4.50. The normalized spacial score (nSPS) is 21.3. The first-order chi connectivity index (χ1) is 9.60. The number of amides is 2. The van der Waals surface area contributed by atoms with Gasteiger partial charge in [0.2, 0.25) is 0 Å². The van der Waals surface area contributed by atoms with E-state index in [4.69, 9.17) is 5.73 Å². The fourth-order valence-corrected chi connectivity index (χ4v) is 3.97. The number of carbonyl (C=O) groups excluding carboxylic acids is 2. The first-order valence-corrected chi connectivity index (χ1v) is 7.81. The van der Waals surface area contributed by atoms with Gasteiger partial charge in [-0.1, -0.05) is 0 Å². The van der Waals surface area contributed by atoms with Crippen LogP contribution >= 0.6 is 11.3 Å². The molecule has 1 spiro atoms. The Labute approximate surface area is 122 Å². The summed E-state index contributed by atoms with van der Waals surface area (Å²) in [6.45, 7) is 3.80. The lowest BCUT2D eigenvalue weighted by Gasteiger charge is -2.38. The van der Waals surface area contributed by atoms with Gasteiger partial charge in [0, 0.05) is 19.6 Å². The number of nitrogens with one attached hydrogen (secondary N) is 1. The number of hydrogen-bond acceptors (Lipinski definition) is 4. The van der Waals surface area contributed by atoms with Crippen LogP contribution in [0, 0.1) is 5.41 Å². The SMILES string of the molecule is NC(=O)c1ccc(C(=O)N2CCC3(CCNC3)CC2)s1. The fourth-order valence-electron chi connectivity index (χ4n) is 3.15. The van der Waals surface area contributed by atoms with Gasteiger partial charge >= 0.3 is 0 Å². The zero-order chi connectivity index (χ0) is 14.2. The number of likely N-dealkylation sites (tertiary alicyclic amines) is 1. The highest BCUT2D eigenvalue weighted by Crippen LogP contribution is 2.37. The van der Waals surface area contributed by atoms with Crippen LogP contribution in [0.1, 0.15) is 38.6 Å². The molecule has 3 N–H and O–H groups in total. The van der Waals surface area contributed by atoms with E-state index in [0.29, 0.717) is 15.2 Å². The van der Waals surface area contributed by atoms with Crippen LogP contribution in [0.15, 0.2) is 12.1 Å². The molecule has 3 rings (SSSR count). The van der Waals surface area contributed by atoms with Gasteiger partial charge < -0.3 is 16.0 Å². The largest absolute Gasteiger partial charge is 0.365 e. The number of carbonyl (C=O) groups is 2. The molecule has 5 nitrogen and oxygen atoms in total. The fraction of sp³-hybridized carbons (Fsp3) is 0.571. The van der Waals surface area contributed by atoms with Crippen molar-refractivity contribution >= 4 is 23.2 Å². The third-order valence-corrected chi connectivity index (χ3v) is 5.59. The van der Waals surface area contributed by atoms with Crippen LogP contribution in [0.25, 0.3) is 0 Å². The molecule has 0 bridgehead atoms. The maximum Gasteiger partial charge on any atom is 0.263 e. The molecule has 1 aromatic heterocycles. The van der Waals surface area contributed by atoms with E-state index in [1.807, 2.05) is 4.90 Å². The van der Waals surface area contributed by atoms with Gasteiger partial charge in [-0.15, -0.1) is 11.3 Å². The molecule has 0 saturated carbocycles. The van der Waals surface area contributed by atoms with Crippen molar-refractivity contribution < 1.29 is 9.59 Å². The van der Waals surface area contributed by atoms with Crippen molar-refractivity contribution in [2.24, 2.45) is 11.1 Å². The monoisotopic (exact) mass is 293 g/mol. The molecular weight excluding hydrogens is 274 g/mol. The van der Waals surface area contributed by atoms with Crippen LogP contribution < -0.4 is 11.1 Å². The molecule has 20 heavy (non-hydrogen) atoms. The van der Waals surface area contributed by atoms with Crippen molar-refractivity contribution in [1.82, 2.24) is 10.2 Å². The van der Waals surface area contributed by atoms with E-state index in [2.05, 4.69) is 5.32 Å². The summed E-state index contributed by atoms with van der Waals surface area (Å²) in [5, 5.41) is 3.42. The highest BCUT2D eigenvalue weighted by Gasteiger charge is 2.38. The van der Waals surface area contributed by atoms with Crippen LogP contribution in [0.5, 0.6) is 0 Å². The topological polar surface area (TPSA) is 75.4 Å². The molecule has 0 aliphatic carbocycles. The molecule has 0 unspecified atom stereocenters. The zero-order valence-corrected chi connectivity index (χ0v) is 12.2. The molecule has 1 aromatic rings. The van der Waals surface area contributed by atoms with Crippen molar-refractivity contribution in [3.63, 3.8) is 0 Å². The van der Waals surface area contributed by atoms with E-state index < -0.39 is 5.91 Å². The summed E-state index contributed by atoms with van der Waals surface area (Å²) in [6.07, 6.45) is 3.36. The molecule has 108 valence electrons. The lowest BCUT2D eigenvalue weighted by Crippen LogP contribution is -2.43. The summed E-state index contributed by atoms with van der Waals surface area (Å²) in [6, 6.07) is 3.33. The second-order valence-corrected chi connectivity index (χ2v) is 6.83. The average molecular weight is 293 g/mol. The quantitative estimate of drug-likeness (QED) is 0.856. The average Bonchev–Trinajstić information content (AvgIpc) is 3.08. The highest BCUT2D eigenvalue weighted by molar-refractivity contribution is 7.15. The second-order valence-electron chi connectivity index (χ2n) is 5.75. The standard InChI is InChI=1S/C14H19N3O2S/c15-12(18)10-1-2-11(20-10)13(19)17-7-4-14(5-8-17)3-6-16-9-14/h1-2,16H,3-9H2,(H2,15,18). The predicted molar refractivity (Wildman–Crippen MR) is 77.9 cm³/mol. The summed E-state index contributed by atoms with van der Waals surface area (Å²) < 4.78 is 0. The van der Waals surface area contributed by atoms with E-state index in [1.54, 1.807) is 12.1 Å². The van der Waals surface area contributed by atoms with Gasteiger partial charge in [-0.3, -0.25) is 9.59 Å². The zero-order valence-electron chi connectivity index (χ0n) is 11.4. The number of thiophene rings is 1. The highest BCUT2D eigenvalue weighted by atomic mass is 32.1. The lowest BCUT2D eigenvalue weighted by atomic mass is 9.78. The molecule has 6 heteroatoms. The smallest absolute Gasteiger partial charge is 0.263 e. The summed E-state index contributed by atoms with van der Waals surface area (Å²) in [5.74, 6) is -0.438. The summed E-state index contributed by atoms with van der Waals surface area (Å²) in [5.41, 5.74) is 5.63. The minimum absolute atomic E-state index is 0.0308. The first-order valence-electron chi connectivity index (χ1n) is 6.99. The second kappa shape index (κ2) is 5.18. The van der Waals surface area contributed by atoms with E-state index in [0.717, 1.165) is 39.0 Å². The number of primary amides is 1. The van der Waals surface area contributed by atoms with Crippen LogP contribution in [0.3, 0.4) is 0 Å². The lowest BCUT2D eigenvalue weighted by molar-refractivity contribution is 0.0612. The third kappa shape index (κ3) is 2.45. The number of piperidine rings is 1. The first kappa shape index (κ1) is 13.6. The Kier molecular flexibility index (Phi) is 3.52. The molecule has 0 atom stereocenters. The van der Waals surface area contributed by atoms with Crippen LogP contribution in [-0.2, 0) is 0 Å². The van der Waals surface area contributed by atoms with Gasteiger partial charge in [-0.25, -0.2) is 0 Å². The minimum Gasteiger partial charge on any atom is -0.365 e. The molecule has 2 aliphatic heterocycles. The van der Waals surface area contributed by atoms with Gasteiger partial charge in [0.05, 0.1) is 9.75 Å². The molecule has 0 radical (unpaired) electrons. The number of rotatable bonds is 2. The van der Waals surface area contributed by atoms with E-state index in [-0.39, 0.29) is 5.91 Å². The maximum atomic E-state index is 12.4.